The van der Waals surface area contributed by atoms with Crippen LogP contribution < -0.4 is 10.6 Å². The molecule has 2 aliphatic heterocycles. The minimum Gasteiger partial charge on any atom is -0.381 e. The van der Waals surface area contributed by atoms with E-state index in [-0.39, 0.29) is 30.0 Å². The lowest BCUT2D eigenvalue weighted by atomic mass is 9.89. The number of hydrogen-bond acceptors (Lipinski definition) is 8. The molecule has 3 aromatic rings. The van der Waals surface area contributed by atoms with Gasteiger partial charge < -0.3 is 20.5 Å². The van der Waals surface area contributed by atoms with Crippen LogP contribution in [0.2, 0.25) is 0 Å². The van der Waals surface area contributed by atoms with E-state index in [1.807, 2.05) is 32.0 Å². The van der Waals surface area contributed by atoms with E-state index < -0.39 is 6.23 Å². The Bertz CT molecular complexity index is 1230. The molecule has 2 fully saturated rings. The van der Waals surface area contributed by atoms with Crippen LogP contribution in [0.1, 0.15) is 49.4 Å². The number of thiazole rings is 1. The van der Waals surface area contributed by atoms with Crippen LogP contribution in [-0.2, 0) is 9.53 Å². The predicted octanol–water partition coefficient (Wildman–Crippen LogP) is 3.64. The predicted molar refractivity (Wildman–Crippen MR) is 146 cm³/mol. The Morgan fingerprint density at radius 2 is 2.00 bits per heavy atom. The van der Waals surface area contributed by atoms with Crippen molar-refractivity contribution in [2.45, 2.75) is 63.9 Å². The van der Waals surface area contributed by atoms with Crippen molar-refractivity contribution in [1.29, 1.82) is 0 Å². The summed E-state index contributed by atoms with van der Waals surface area (Å²) in [5, 5.41) is 22.1. The van der Waals surface area contributed by atoms with E-state index in [0.29, 0.717) is 13.2 Å². The number of likely N-dealkylation sites (N-methyl/N-ethyl adjacent to an activating group) is 1. The molecular weight excluding hydrogens is 486 g/mol. The van der Waals surface area contributed by atoms with Crippen LogP contribution in [0.25, 0.3) is 22.2 Å². The van der Waals surface area contributed by atoms with Gasteiger partial charge in [-0.05, 0) is 64.6 Å². The normalized spacial score (nSPS) is 21.7. The van der Waals surface area contributed by atoms with E-state index in [1.54, 1.807) is 18.4 Å². The molecule has 37 heavy (non-hydrogen) atoms. The summed E-state index contributed by atoms with van der Waals surface area (Å²) in [6.45, 7) is 5.93. The maximum atomic E-state index is 12.8. The number of rotatable bonds is 8. The van der Waals surface area contributed by atoms with Crippen molar-refractivity contribution >= 4 is 28.1 Å². The van der Waals surface area contributed by atoms with Gasteiger partial charge in [0.2, 0.25) is 5.91 Å². The van der Waals surface area contributed by atoms with Gasteiger partial charge in [-0.25, -0.2) is 4.98 Å². The summed E-state index contributed by atoms with van der Waals surface area (Å²) >= 11 is 1.65. The standard InChI is InChI=1S/C28H37N5O3S/c1-17-15-21(20-7-4-5-8-22(20)30-17)23-16-37-27(31-23)24-9-6-12-33(24)28(35)25(19-10-13-36-14-11-19)32-26(34)18(2)29-3/h4-5,7-8,15-16,18-19,24-25,28-29,35H,6,9-14H2,1-3H3,(H,32,34)/t18-,24-,25-,28?/m0/s1. The average Bonchev–Trinajstić information content (AvgIpc) is 3.61. The summed E-state index contributed by atoms with van der Waals surface area (Å²) in [7, 11) is 1.77. The number of carbonyl (C=O) groups is 1. The Kier molecular flexibility index (Phi) is 8.16. The Morgan fingerprint density at radius 1 is 1.22 bits per heavy atom. The monoisotopic (exact) mass is 523 g/mol. The zero-order chi connectivity index (χ0) is 25.9. The highest BCUT2D eigenvalue weighted by Crippen LogP contribution is 2.39. The first-order valence-corrected chi connectivity index (χ1v) is 14.2. The molecule has 2 aromatic heterocycles. The van der Waals surface area contributed by atoms with Crippen molar-refractivity contribution < 1.29 is 14.6 Å². The van der Waals surface area contributed by atoms with E-state index in [0.717, 1.165) is 65.1 Å². The minimum atomic E-state index is -0.792. The van der Waals surface area contributed by atoms with E-state index >= 15 is 0 Å². The smallest absolute Gasteiger partial charge is 0.237 e. The molecule has 0 radical (unpaired) electrons. The van der Waals surface area contributed by atoms with Gasteiger partial charge >= 0.3 is 0 Å². The molecule has 9 heteroatoms. The van der Waals surface area contributed by atoms with Crippen molar-refractivity contribution in [2.24, 2.45) is 5.92 Å². The first kappa shape index (κ1) is 26.2. The number of aryl methyl sites for hydroxylation is 1. The van der Waals surface area contributed by atoms with Crippen molar-refractivity contribution in [1.82, 2.24) is 25.5 Å². The fourth-order valence-electron chi connectivity index (χ4n) is 5.59. The third kappa shape index (κ3) is 5.56. The SMILES string of the molecule is CN[C@@H](C)C(=O)N[C@@H](C1CCOCC1)C(O)N1CCC[C@H]1c1nc(-c2cc(C)nc3ccccc23)cs1. The van der Waals surface area contributed by atoms with Crippen LogP contribution in [0.4, 0.5) is 0 Å². The number of nitrogens with zero attached hydrogens (tertiary/aromatic N) is 3. The number of likely N-dealkylation sites (tertiary alicyclic amines) is 1. The molecule has 2 aliphatic rings. The highest BCUT2D eigenvalue weighted by atomic mass is 32.1. The topological polar surface area (TPSA) is 99.6 Å². The highest BCUT2D eigenvalue weighted by Gasteiger charge is 2.40. The number of aliphatic hydroxyl groups excluding tert-OH is 1. The number of nitrogens with one attached hydrogen (secondary N) is 2. The van der Waals surface area contributed by atoms with Crippen LogP contribution >= 0.6 is 11.3 Å². The van der Waals surface area contributed by atoms with Crippen LogP contribution in [0.15, 0.2) is 35.7 Å². The zero-order valence-corrected chi connectivity index (χ0v) is 22.6. The molecule has 0 spiro atoms. The van der Waals surface area contributed by atoms with Crippen molar-refractivity contribution in [3.05, 3.63) is 46.4 Å². The second-order valence-electron chi connectivity index (χ2n) is 10.2. The molecule has 3 N–H and O–H groups in total. The Hall–Kier alpha value is -2.43. The number of carbonyl (C=O) groups excluding carboxylic acids is 1. The summed E-state index contributed by atoms with van der Waals surface area (Å²) in [4.78, 5) is 24.7. The fraction of sp³-hybridized carbons (Fsp3) is 0.536. The quantitative estimate of drug-likeness (QED) is 0.415. The minimum absolute atomic E-state index is 0.0175. The average molecular weight is 524 g/mol. The number of fused-ring (bicyclic) bond motifs is 1. The molecular formula is C28H37N5O3S. The van der Waals surface area contributed by atoms with Gasteiger partial charge in [-0.1, -0.05) is 18.2 Å². The van der Waals surface area contributed by atoms with Gasteiger partial charge in [0.25, 0.3) is 0 Å². The Balaban J connectivity index is 1.41. The van der Waals surface area contributed by atoms with E-state index in [1.165, 1.54) is 0 Å². The Labute approximate surface area is 222 Å². The summed E-state index contributed by atoms with van der Waals surface area (Å²) in [6, 6.07) is 9.59. The molecule has 2 saturated heterocycles. The third-order valence-corrected chi connectivity index (χ3v) is 8.74. The lowest BCUT2D eigenvalue weighted by molar-refractivity contribution is -0.128. The fourth-order valence-corrected chi connectivity index (χ4v) is 6.57. The first-order valence-electron chi connectivity index (χ1n) is 13.3. The molecule has 8 nitrogen and oxygen atoms in total. The van der Waals surface area contributed by atoms with Gasteiger partial charge in [-0.2, -0.15) is 0 Å². The molecule has 1 unspecified atom stereocenters. The number of benzene rings is 1. The van der Waals surface area contributed by atoms with E-state index in [4.69, 9.17) is 9.72 Å². The van der Waals surface area contributed by atoms with Gasteiger partial charge in [0, 0.05) is 41.8 Å². The lowest BCUT2D eigenvalue weighted by Gasteiger charge is -2.39. The summed E-state index contributed by atoms with van der Waals surface area (Å²) in [5.41, 5.74) is 3.96. The zero-order valence-electron chi connectivity index (χ0n) is 21.8. The summed E-state index contributed by atoms with van der Waals surface area (Å²) in [6.07, 6.45) is 2.77. The van der Waals surface area contributed by atoms with Crippen molar-refractivity contribution in [2.75, 3.05) is 26.8 Å². The van der Waals surface area contributed by atoms with Crippen LogP contribution in [0.3, 0.4) is 0 Å². The van der Waals surface area contributed by atoms with Crippen LogP contribution in [0, 0.1) is 12.8 Å². The van der Waals surface area contributed by atoms with Crippen LogP contribution in [-0.4, -0.2) is 71.0 Å². The van der Waals surface area contributed by atoms with Gasteiger partial charge in [-0.15, -0.1) is 11.3 Å². The summed E-state index contributed by atoms with van der Waals surface area (Å²) in [5.74, 6) is 0.0706. The van der Waals surface area contributed by atoms with E-state index in [2.05, 4.69) is 38.0 Å². The highest BCUT2D eigenvalue weighted by molar-refractivity contribution is 7.10. The second kappa shape index (κ2) is 11.5. The molecule has 198 valence electrons. The van der Waals surface area contributed by atoms with Gasteiger partial charge in [-0.3, -0.25) is 14.7 Å². The largest absolute Gasteiger partial charge is 0.381 e. The Morgan fingerprint density at radius 3 is 2.78 bits per heavy atom. The molecule has 0 aliphatic carbocycles. The molecule has 4 heterocycles. The lowest BCUT2D eigenvalue weighted by Crippen LogP contribution is -2.58. The second-order valence-corrected chi connectivity index (χ2v) is 11.1. The molecule has 5 rings (SSSR count). The molecule has 4 atom stereocenters. The molecule has 1 aromatic carbocycles. The third-order valence-electron chi connectivity index (χ3n) is 7.79. The van der Waals surface area contributed by atoms with Crippen LogP contribution in [0.5, 0.6) is 0 Å². The molecule has 0 bridgehead atoms. The van der Waals surface area contributed by atoms with Crippen molar-refractivity contribution in [3.63, 3.8) is 0 Å². The summed E-state index contributed by atoms with van der Waals surface area (Å²) < 4.78 is 5.57. The number of aromatic nitrogens is 2. The number of aliphatic hydroxyl groups is 1. The number of para-hydroxylation sites is 1. The van der Waals surface area contributed by atoms with E-state index in [9.17, 15) is 9.90 Å². The number of amides is 1. The number of ether oxygens (including phenoxy) is 1. The number of hydrogen-bond donors (Lipinski definition) is 3. The maximum Gasteiger partial charge on any atom is 0.237 e. The maximum absolute atomic E-state index is 12.8. The van der Waals surface area contributed by atoms with Gasteiger partial charge in [0.05, 0.1) is 29.3 Å². The van der Waals surface area contributed by atoms with Gasteiger partial charge in [0.1, 0.15) is 11.2 Å². The molecule has 0 saturated carbocycles. The number of pyridine rings is 1. The molecule has 1 amide bonds. The van der Waals surface area contributed by atoms with Crippen molar-refractivity contribution in [3.8, 4) is 11.3 Å². The van der Waals surface area contributed by atoms with Gasteiger partial charge in [0.15, 0.2) is 0 Å². The first-order chi connectivity index (χ1) is 18.0.